The van der Waals surface area contributed by atoms with Gasteiger partial charge in [-0.2, -0.15) is 0 Å². The zero-order valence-electron chi connectivity index (χ0n) is 11.2. The third kappa shape index (κ3) is 4.96. The Hall–Kier alpha value is -1.37. The van der Waals surface area contributed by atoms with E-state index in [1.807, 2.05) is 0 Å². The first-order valence-corrected chi connectivity index (χ1v) is 7.73. The lowest BCUT2D eigenvalue weighted by Crippen LogP contribution is -2.32. The maximum absolute atomic E-state index is 11.9. The van der Waals surface area contributed by atoms with Gasteiger partial charge in [-0.3, -0.25) is 4.79 Å². The highest BCUT2D eigenvalue weighted by Crippen LogP contribution is 2.12. The molecule has 1 atom stereocenters. The highest BCUT2D eigenvalue weighted by molar-refractivity contribution is 7.92. The van der Waals surface area contributed by atoms with Crippen molar-refractivity contribution in [2.45, 2.75) is 6.92 Å². The maximum Gasteiger partial charge on any atom is 0.307 e. The number of carbonyl (C=O) groups is 1. The van der Waals surface area contributed by atoms with Crippen LogP contribution in [0.15, 0.2) is 29.7 Å². The van der Waals surface area contributed by atoms with E-state index < -0.39 is 21.9 Å². The summed E-state index contributed by atoms with van der Waals surface area (Å²) >= 11 is 5.73. The van der Waals surface area contributed by atoms with Gasteiger partial charge < -0.3 is 5.11 Å². The van der Waals surface area contributed by atoms with Crippen LogP contribution in [0.5, 0.6) is 0 Å². The number of sulfonamides is 1. The smallest absolute Gasteiger partial charge is 0.307 e. The molecule has 1 aromatic carbocycles. The summed E-state index contributed by atoms with van der Waals surface area (Å²) in [6.07, 6.45) is 1.44. The van der Waals surface area contributed by atoms with E-state index in [1.54, 1.807) is 24.3 Å². The SMILES string of the molecule is CC(CN(C)S(=O)(=O)C=Cc1ccc(Cl)cc1)C(=O)O. The van der Waals surface area contributed by atoms with Crippen molar-refractivity contribution in [1.82, 2.24) is 4.31 Å². The first-order chi connectivity index (χ1) is 9.22. The zero-order chi connectivity index (χ0) is 15.3. The van der Waals surface area contributed by atoms with Gasteiger partial charge in [0.1, 0.15) is 0 Å². The van der Waals surface area contributed by atoms with Gasteiger partial charge in [0.05, 0.1) is 5.92 Å². The van der Waals surface area contributed by atoms with Crippen LogP contribution >= 0.6 is 11.6 Å². The highest BCUT2D eigenvalue weighted by Gasteiger charge is 2.20. The van der Waals surface area contributed by atoms with Crippen molar-refractivity contribution in [2.24, 2.45) is 5.92 Å². The van der Waals surface area contributed by atoms with Gasteiger partial charge in [-0.05, 0) is 23.8 Å². The second-order valence-corrected chi connectivity index (χ2v) is 6.78. The van der Waals surface area contributed by atoms with Crippen LogP contribution in [0.1, 0.15) is 12.5 Å². The minimum atomic E-state index is -3.64. The lowest BCUT2D eigenvalue weighted by molar-refractivity contribution is -0.141. The van der Waals surface area contributed by atoms with E-state index in [0.29, 0.717) is 10.6 Å². The fourth-order valence-corrected chi connectivity index (χ4v) is 2.50. The molecule has 20 heavy (non-hydrogen) atoms. The molecule has 0 saturated heterocycles. The monoisotopic (exact) mass is 317 g/mol. The molecule has 0 fully saturated rings. The number of carboxylic acids is 1. The van der Waals surface area contributed by atoms with Crippen molar-refractivity contribution in [1.29, 1.82) is 0 Å². The van der Waals surface area contributed by atoms with Crippen molar-refractivity contribution in [3.8, 4) is 0 Å². The van der Waals surface area contributed by atoms with Crippen LogP contribution in [0, 0.1) is 5.92 Å². The van der Waals surface area contributed by atoms with Crippen LogP contribution < -0.4 is 0 Å². The van der Waals surface area contributed by atoms with E-state index in [9.17, 15) is 13.2 Å². The van der Waals surface area contributed by atoms with E-state index in [1.165, 1.54) is 20.0 Å². The maximum atomic E-state index is 11.9. The third-order valence-electron chi connectivity index (χ3n) is 2.69. The molecule has 0 aliphatic rings. The number of halogens is 1. The van der Waals surface area contributed by atoms with Gasteiger partial charge in [0.15, 0.2) is 0 Å². The second kappa shape index (κ2) is 6.88. The minimum Gasteiger partial charge on any atom is -0.481 e. The topological polar surface area (TPSA) is 74.7 Å². The number of hydrogen-bond acceptors (Lipinski definition) is 3. The Labute approximate surface area is 123 Å². The van der Waals surface area contributed by atoms with E-state index in [4.69, 9.17) is 16.7 Å². The Morgan fingerprint density at radius 2 is 1.95 bits per heavy atom. The summed E-state index contributed by atoms with van der Waals surface area (Å²) in [4.78, 5) is 10.7. The van der Waals surface area contributed by atoms with Gasteiger partial charge in [0.25, 0.3) is 0 Å². The summed E-state index contributed by atoms with van der Waals surface area (Å²) in [6.45, 7) is 1.37. The average Bonchev–Trinajstić information content (AvgIpc) is 2.37. The summed E-state index contributed by atoms with van der Waals surface area (Å²) in [5.41, 5.74) is 0.692. The Balaban J connectivity index is 2.78. The first-order valence-electron chi connectivity index (χ1n) is 5.85. The van der Waals surface area contributed by atoms with Crippen molar-refractivity contribution in [2.75, 3.05) is 13.6 Å². The van der Waals surface area contributed by atoms with E-state index in [0.717, 1.165) is 9.71 Å². The molecule has 0 aliphatic carbocycles. The van der Waals surface area contributed by atoms with Gasteiger partial charge >= 0.3 is 5.97 Å². The molecule has 0 heterocycles. The Kier molecular flexibility index (Phi) is 5.74. The molecule has 0 aromatic heterocycles. The van der Waals surface area contributed by atoms with Gasteiger partial charge in [-0.15, -0.1) is 0 Å². The van der Waals surface area contributed by atoms with Crippen molar-refractivity contribution in [3.63, 3.8) is 0 Å². The summed E-state index contributed by atoms with van der Waals surface area (Å²) < 4.78 is 24.9. The molecule has 0 aliphatic heterocycles. The normalized spacial score (nSPS) is 13.8. The number of benzene rings is 1. The molecular weight excluding hydrogens is 302 g/mol. The number of aliphatic carboxylic acids is 1. The molecule has 0 spiro atoms. The molecule has 0 amide bonds. The third-order valence-corrected chi connectivity index (χ3v) is 4.44. The molecule has 0 saturated carbocycles. The molecule has 7 heteroatoms. The Bertz CT molecular complexity index is 595. The molecule has 110 valence electrons. The van der Waals surface area contributed by atoms with Crippen LogP contribution in [-0.4, -0.2) is 37.4 Å². The standard InChI is InChI=1S/C13H16ClNO4S/c1-10(13(16)17)9-15(2)20(18,19)8-7-11-3-5-12(14)6-4-11/h3-8,10H,9H2,1-2H3,(H,16,17). The van der Waals surface area contributed by atoms with E-state index in [-0.39, 0.29) is 6.54 Å². The van der Waals surface area contributed by atoms with Crippen molar-refractivity contribution >= 4 is 33.7 Å². The molecule has 0 radical (unpaired) electrons. The Morgan fingerprint density at radius 1 is 1.40 bits per heavy atom. The molecule has 1 aromatic rings. The largest absolute Gasteiger partial charge is 0.481 e. The summed E-state index contributed by atoms with van der Waals surface area (Å²) in [7, 11) is -2.29. The lowest BCUT2D eigenvalue weighted by Gasteiger charge is -2.16. The second-order valence-electron chi connectivity index (χ2n) is 4.42. The number of hydrogen-bond donors (Lipinski definition) is 1. The van der Waals surface area contributed by atoms with Gasteiger partial charge in [-0.1, -0.05) is 30.7 Å². The molecule has 0 bridgehead atoms. The molecular formula is C13H16ClNO4S. The number of rotatable bonds is 6. The predicted molar refractivity (Wildman–Crippen MR) is 78.8 cm³/mol. The fourth-order valence-electron chi connectivity index (χ4n) is 1.41. The molecule has 1 N–H and O–H groups in total. The molecule has 5 nitrogen and oxygen atoms in total. The average molecular weight is 318 g/mol. The minimum absolute atomic E-state index is 0.0807. The van der Waals surface area contributed by atoms with E-state index >= 15 is 0 Å². The quantitative estimate of drug-likeness (QED) is 0.873. The van der Waals surface area contributed by atoms with E-state index in [2.05, 4.69) is 0 Å². The zero-order valence-corrected chi connectivity index (χ0v) is 12.7. The van der Waals surface area contributed by atoms with Crippen LogP contribution in [0.4, 0.5) is 0 Å². The van der Waals surface area contributed by atoms with Crippen molar-refractivity contribution < 1.29 is 18.3 Å². The van der Waals surface area contributed by atoms with Gasteiger partial charge in [0, 0.05) is 24.0 Å². The molecule has 1 unspecified atom stereocenters. The summed E-state index contributed by atoms with van der Waals surface area (Å²) in [6, 6.07) is 6.69. The molecule has 1 rings (SSSR count). The van der Waals surface area contributed by atoms with Crippen LogP contribution in [0.25, 0.3) is 6.08 Å². The fraction of sp³-hybridized carbons (Fsp3) is 0.308. The lowest BCUT2D eigenvalue weighted by atomic mass is 10.2. The van der Waals surface area contributed by atoms with Crippen LogP contribution in [-0.2, 0) is 14.8 Å². The highest BCUT2D eigenvalue weighted by atomic mass is 35.5. The predicted octanol–water partition coefficient (Wildman–Crippen LogP) is 2.29. The van der Waals surface area contributed by atoms with Crippen LogP contribution in [0.2, 0.25) is 5.02 Å². The summed E-state index contributed by atoms with van der Waals surface area (Å²) in [5, 5.41) is 10.4. The Morgan fingerprint density at radius 3 is 2.45 bits per heavy atom. The van der Waals surface area contributed by atoms with Crippen LogP contribution in [0.3, 0.4) is 0 Å². The summed E-state index contributed by atoms with van der Waals surface area (Å²) in [5.74, 6) is -1.80. The number of carboxylic acid groups (broad SMARTS) is 1. The van der Waals surface area contributed by atoms with Gasteiger partial charge in [-0.25, -0.2) is 12.7 Å². The number of nitrogens with zero attached hydrogens (tertiary/aromatic N) is 1. The first kappa shape index (κ1) is 16.7. The van der Waals surface area contributed by atoms with Gasteiger partial charge in [0.2, 0.25) is 10.0 Å². The van der Waals surface area contributed by atoms with Crippen molar-refractivity contribution in [3.05, 3.63) is 40.3 Å².